The van der Waals surface area contributed by atoms with Crippen molar-refractivity contribution in [2.75, 3.05) is 18.1 Å². The zero-order valence-electron chi connectivity index (χ0n) is 17.2. The summed E-state index contributed by atoms with van der Waals surface area (Å²) in [5, 5.41) is 2.19. The van der Waals surface area contributed by atoms with Gasteiger partial charge >= 0.3 is 11.9 Å². The summed E-state index contributed by atoms with van der Waals surface area (Å²) in [5.41, 5.74) is 0.842. The second-order valence-corrected chi connectivity index (χ2v) is 8.63. The van der Waals surface area contributed by atoms with E-state index in [2.05, 4.69) is 0 Å². The number of anilines is 1. The summed E-state index contributed by atoms with van der Waals surface area (Å²) in [6.07, 6.45) is -0.0114. The van der Waals surface area contributed by atoms with Gasteiger partial charge in [0, 0.05) is 18.5 Å². The molecule has 2 heterocycles. The van der Waals surface area contributed by atoms with Crippen LogP contribution in [0.2, 0.25) is 5.02 Å². The first-order valence-corrected chi connectivity index (χ1v) is 11.3. The van der Waals surface area contributed by atoms with Crippen LogP contribution in [-0.4, -0.2) is 36.8 Å². The molecule has 0 N–H and O–H groups in total. The van der Waals surface area contributed by atoms with Crippen LogP contribution < -0.4 is 9.64 Å². The maximum absolute atomic E-state index is 12.4. The highest BCUT2D eigenvalue weighted by Crippen LogP contribution is 2.31. The third kappa shape index (κ3) is 5.30. The molecule has 0 spiro atoms. The lowest BCUT2D eigenvalue weighted by molar-refractivity contribution is -0.147. The van der Waals surface area contributed by atoms with Crippen molar-refractivity contribution in [2.45, 2.75) is 6.42 Å². The minimum Gasteiger partial charge on any atom is -0.457 e. The van der Waals surface area contributed by atoms with Crippen LogP contribution in [0.4, 0.5) is 5.69 Å². The molecule has 1 aliphatic heterocycles. The second-order valence-electron chi connectivity index (χ2n) is 7.28. The molecule has 33 heavy (non-hydrogen) atoms. The fourth-order valence-electron chi connectivity index (χ4n) is 3.37. The van der Waals surface area contributed by atoms with Gasteiger partial charge in [-0.3, -0.25) is 14.4 Å². The van der Waals surface area contributed by atoms with Crippen molar-refractivity contribution in [3.8, 4) is 5.75 Å². The number of esters is 2. The van der Waals surface area contributed by atoms with Gasteiger partial charge in [-0.05, 0) is 47.8 Å². The molecule has 0 unspecified atom stereocenters. The number of rotatable bonds is 7. The Kier molecular flexibility index (Phi) is 6.86. The lowest BCUT2D eigenvalue weighted by Gasteiger charge is -2.17. The first-order chi connectivity index (χ1) is 15.9. The third-order valence-corrected chi connectivity index (χ3v) is 6.23. The highest BCUT2D eigenvalue weighted by Gasteiger charge is 2.37. The summed E-state index contributed by atoms with van der Waals surface area (Å²) in [7, 11) is 0. The van der Waals surface area contributed by atoms with E-state index in [1.165, 1.54) is 40.5 Å². The van der Waals surface area contributed by atoms with Crippen LogP contribution in [0.3, 0.4) is 0 Å². The number of hydrogen-bond donors (Lipinski definition) is 0. The molecule has 1 saturated heterocycles. The van der Waals surface area contributed by atoms with Crippen molar-refractivity contribution in [1.29, 1.82) is 0 Å². The van der Waals surface area contributed by atoms with Crippen molar-refractivity contribution < 1.29 is 28.7 Å². The molecular formula is C24H18ClNO6S. The molecule has 1 atom stereocenters. The molecule has 7 nitrogen and oxygen atoms in total. The highest BCUT2D eigenvalue weighted by atomic mass is 35.5. The van der Waals surface area contributed by atoms with E-state index in [0.29, 0.717) is 26.9 Å². The second kappa shape index (κ2) is 9.97. The van der Waals surface area contributed by atoms with Crippen LogP contribution in [0.25, 0.3) is 0 Å². The normalized spacial score (nSPS) is 15.4. The maximum atomic E-state index is 12.4. The number of halogens is 1. The number of amides is 1. The number of nitrogens with zero attached hydrogens (tertiary/aromatic N) is 1. The van der Waals surface area contributed by atoms with Gasteiger partial charge < -0.3 is 14.4 Å². The number of benzene rings is 2. The van der Waals surface area contributed by atoms with Crippen LogP contribution in [0.15, 0.2) is 66.0 Å². The minimum absolute atomic E-state index is 0.0114. The molecule has 0 saturated carbocycles. The molecule has 9 heteroatoms. The molecular weight excluding hydrogens is 466 g/mol. The van der Waals surface area contributed by atoms with Crippen molar-refractivity contribution in [1.82, 2.24) is 0 Å². The molecule has 3 aromatic rings. The average molecular weight is 484 g/mol. The number of carbonyl (C=O) groups excluding carboxylic acids is 4. The van der Waals surface area contributed by atoms with Crippen LogP contribution >= 0.6 is 22.9 Å². The molecule has 2 aromatic carbocycles. The van der Waals surface area contributed by atoms with Gasteiger partial charge in [0.05, 0.1) is 16.6 Å². The third-order valence-electron chi connectivity index (χ3n) is 5.06. The Bertz CT molecular complexity index is 1190. The number of para-hydroxylation sites is 1. The lowest BCUT2D eigenvalue weighted by Crippen LogP contribution is -2.27. The summed E-state index contributed by atoms with van der Waals surface area (Å²) >= 11 is 7.42. The molecule has 168 valence electrons. The predicted octanol–water partition coefficient (Wildman–Crippen LogP) is 4.40. The Balaban J connectivity index is 1.29. The van der Waals surface area contributed by atoms with E-state index in [1.54, 1.807) is 41.8 Å². The van der Waals surface area contributed by atoms with E-state index in [4.69, 9.17) is 21.1 Å². The highest BCUT2D eigenvalue weighted by molar-refractivity contribution is 7.12. The lowest BCUT2D eigenvalue weighted by atomic mass is 10.1. The summed E-state index contributed by atoms with van der Waals surface area (Å²) in [6, 6.07) is 16.3. The number of carbonyl (C=O) groups is 4. The van der Waals surface area contributed by atoms with E-state index in [1.807, 2.05) is 0 Å². The molecule has 0 bridgehead atoms. The topological polar surface area (TPSA) is 90.0 Å². The number of thiophene rings is 1. The van der Waals surface area contributed by atoms with Crippen LogP contribution in [0, 0.1) is 5.92 Å². The van der Waals surface area contributed by atoms with Gasteiger partial charge in [0.15, 0.2) is 12.4 Å². The van der Waals surface area contributed by atoms with Crippen molar-refractivity contribution in [3.63, 3.8) is 0 Å². The van der Waals surface area contributed by atoms with Crippen LogP contribution in [-0.2, 0) is 14.3 Å². The van der Waals surface area contributed by atoms with Gasteiger partial charge in [0.2, 0.25) is 5.91 Å². The molecule has 1 fully saturated rings. The zero-order chi connectivity index (χ0) is 23.4. The summed E-state index contributed by atoms with van der Waals surface area (Å²) in [4.78, 5) is 51.1. The molecule has 1 aliphatic rings. The summed E-state index contributed by atoms with van der Waals surface area (Å²) in [5.74, 6) is -2.12. The fourth-order valence-corrected chi connectivity index (χ4v) is 4.20. The number of ether oxygens (including phenoxy) is 2. The van der Waals surface area contributed by atoms with Gasteiger partial charge in [0.25, 0.3) is 0 Å². The maximum Gasteiger partial charge on any atom is 0.353 e. The first kappa shape index (κ1) is 22.7. The Morgan fingerprint density at radius 2 is 1.79 bits per heavy atom. The quantitative estimate of drug-likeness (QED) is 0.281. The zero-order valence-corrected chi connectivity index (χ0v) is 18.8. The minimum atomic E-state index is -0.680. The summed E-state index contributed by atoms with van der Waals surface area (Å²) in [6.45, 7) is -0.316. The Labute approximate surface area is 198 Å². The molecule has 0 radical (unpaired) electrons. The van der Waals surface area contributed by atoms with Crippen molar-refractivity contribution >= 4 is 52.3 Å². The van der Waals surface area contributed by atoms with Crippen molar-refractivity contribution in [3.05, 3.63) is 81.5 Å². The SMILES string of the molecule is O=C(COC(=O)[C@H]1CC(=O)N(c2ccccc2Cl)C1)c1ccc(OC(=O)c2cccs2)cc1. The molecule has 1 aromatic heterocycles. The molecule has 4 rings (SSSR count). The van der Waals surface area contributed by atoms with E-state index in [-0.39, 0.29) is 18.9 Å². The van der Waals surface area contributed by atoms with E-state index in [0.717, 1.165) is 0 Å². The van der Waals surface area contributed by atoms with Crippen LogP contribution in [0.5, 0.6) is 5.75 Å². The Morgan fingerprint density at radius 1 is 1.03 bits per heavy atom. The molecule has 0 aliphatic carbocycles. The number of hydrogen-bond acceptors (Lipinski definition) is 7. The largest absolute Gasteiger partial charge is 0.457 e. The summed E-state index contributed by atoms with van der Waals surface area (Å²) < 4.78 is 10.4. The average Bonchev–Trinajstić information content (AvgIpc) is 3.48. The van der Waals surface area contributed by atoms with E-state index < -0.39 is 30.2 Å². The standard InChI is InChI=1S/C24H18ClNO6S/c25-18-4-1-2-5-19(18)26-13-16(12-22(26)28)23(29)31-14-20(27)15-7-9-17(10-8-15)32-24(30)21-6-3-11-33-21/h1-11,16H,12-14H2/t16-/m0/s1. The first-order valence-electron chi connectivity index (χ1n) is 10.0. The monoisotopic (exact) mass is 483 g/mol. The predicted molar refractivity (Wildman–Crippen MR) is 123 cm³/mol. The Hall–Kier alpha value is -3.49. The van der Waals surface area contributed by atoms with Crippen molar-refractivity contribution in [2.24, 2.45) is 5.92 Å². The van der Waals surface area contributed by atoms with Gasteiger partial charge in [-0.1, -0.05) is 29.8 Å². The van der Waals surface area contributed by atoms with Gasteiger partial charge in [-0.25, -0.2) is 4.79 Å². The van der Waals surface area contributed by atoms with Gasteiger partial charge in [0.1, 0.15) is 10.6 Å². The number of Topliss-reactive ketones (excluding diaryl/α,β-unsaturated/α-hetero) is 1. The van der Waals surface area contributed by atoms with Gasteiger partial charge in [-0.15, -0.1) is 11.3 Å². The fraction of sp³-hybridized carbons (Fsp3) is 0.167. The van der Waals surface area contributed by atoms with E-state index >= 15 is 0 Å². The molecule has 1 amide bonds. The Morgan fingerprint density at radius 3 is 2.48 bits per heavy atom. The van der Waals surface area contributed by atoms with Gasteiger partial charge in [-0.2, -0.15) is 0 Å². The smallest absolute Gasteiger partial charge is 0.353 e. The van der Waals surface area contributed by atoms with E-state index in [9.17, 15) is 19.2 Å². The van der Waals surface area contributed by atoms with Crippen LogP contribution in [0.1, 0.15) is 26.5 Å². The number of ketones is 1.